The predicted molar refractivity (Wildman–Crippen MR) is 71.9 cm³/mol. The molecule has 0 amide bonds. The van der Waals surface area contributed by atoms with E-state index in [4.69, 9.17) is 25.8 Å². The molecular weight excluding hydrogens is 252 g/mol. The highest BCUT2D eigenvalue weighted by Crippen LogP contribution is 2.32. The summed E-state index contributed by atoms with van der Waals surface area (Å²) in [5.74, 6) is 0.525. The van der Waals surface area contributed by atoms with Gasteiger partial charge in [0.25, 0.3) is 0 Å². The van der Waals surface area contributed by atoms with E-state index in [-0.39, 0.29) is 12.4 Å². The van der Waals surface area contributed by atoms with Crippen LogP contribution in [0, 0.1) is 5.92 Å². The highest BCUT2D eigenvalue weighted by Gasteiger charge is 2.32. The van der Waals surface area contributed by atoms with Gasteiger partial charge in [0.15, 0.2) is 6.29 Å². The second-order valence-electron chi connectivity index (χ2n) is 5.39. The van der Waals surface area contributed by atoms with Gasteiger partial charge in [0.2, 0.25) is 0 Å². The minimum Gasteiger partial charge on any atom is -0.373 e. The zero-order valence-electron chi connectivity index (χ0n) is 11.3. The van der Waals surface area contributed by atoms with Crippen molar-refractivity contribution in [2.45, 2.75) is 63.2 Å². The van der Waals surface area contributed by atoms with Crippen molar-refractivity contribution in [1.29, 1.82) is 0 Å². The van der Waals surface area contributed by atoms with Crippen LogP contribution in [0.1, 0.15) is 45.4 Å². The number of unbranched alkanes of at least 4 members (excludes halogenated alkanes) is 1. The second kappa shape index (κ2) is 7.68. The fraction of sp³-hybridized carbons (Fsp3) is 1.00. The lowest BCUT2D eigenvalue weighted by molar-refractivity contribution is -0.248. The Hall–Kier alpha value is 0.170. The third-order valence-electron chi connectivity index (χ3n) is 3.83. The minimum absolute atomic E-state index is 0.0276. The zero-order chi connectivity index (χ0) is 12.8. The Labute approximate surface area is 115 Å². The molecule has 0 unspecified atom stereocenters. The number of alkyl halides is 1. The molecule has 0 N–H and O–H groups in total. The summed E-state index contributed by atoms with van der Waals surface area (Å²) < 4.78 is 17.3. The lowest BCUT2D eigenvalue weighted by Crippen LogP contribution is -2.42. The fourth-order valence-corrected chi connectivity index (χ4v) is 2.87. The van der Waals surface area contributed by atoms with E-state index in [0.29, 0.717) is 24.5 Å². The van der Waals surface area contributed by atoms with Crippen LogP contribution in [0.25, 0.3) is 0 Å². The Morgan fingerprint density at radius 3 is 2.39 bits per heavy atom. The maximum Gasteiger partial charge on any atom is 0.160 e. The van der Waals surface area contributed by atoms with Crippen molar-refractivity contribution in [2.75, 3.05) is 19.8 Å². The third kappa shape index (κ3) is 4.37. The molecule has 0 radical (unpaired) electrons. The van der Waals surface area contributed by atoms with Crippen molar-refractivity contribution >= 4 is 11.6 Å². The van der Waals surface area contributed by atoms with E-state index in [1.165, 1.54) is 6.42 Å². The molecule has 1 aliphatic carbocycles. The summed E-state index contributed by atoms with van der Waals surface area (Å²) in [5, 5.41) is 0.356. The van der Waals surface area contributed by atoms with Crippen LogP contribution in [-0.4, -0.2) is 37.6 Å². The van der Waals surface area contributed by atoms with Crippen LogP contribution in [-0.2, 0) is 14.2 Å². The van der Waals surface area contributed by atoms with Crippen LogP contribution in [0.4, 0.5) is 0 Å². The normalized spacial score (nSPS) is 37.7. The van der Waals surface area contributed by atoms with Gasteiger partial charge in [-0.15, -0.1) is 11.6 Å². The lowest BCUT2D eigenvalue weighted by Gasteiger charge is -2.36. The van der Waals surface area contributed by atoms with E-state index in [1.54, 1.807) is 0 Å². The molecule has 2 rings (SSSR count). The zero-order valence-corrected chi connectivity index (χ0v) is 12.0. The molecule has 18 heavy (non-hydrogen) atoms. The van der Waals surface area contributed by atoms with Gasteiger partial charge in [-0.1, -0.05) is 13.3 Å². The average Bonchev–Trinajstić information content (AvgIpc) is 2.41. The predicted octanol–water partition coefficient (Wildman–Crippen LogP) is 3.34. The van der Waals surface area contributed by atoms with Gasteiger partial charge in [0, 0.05) is 17.9 Å². The molecule has 0 aromatic heterocycles. The molecule has 1 saturated heterocycles. The van der Waals surface area contributed by atoms with Crippen molar-refractivity contribution in [3.05, 3.63) is 0 Å². The summed E-state index contributed by atoms with van der Waals surface area (Å²) in [6.45, 7) is 4.33. The summed E-state index contributed by atoms with van der Waals surface area (Å²) in [6, 6.07) is 0. The van der Waals surface area contributed by atoms with Gasteiger partial charge < -0.3 is 14.2 Å². The highest BCUT2D eigenvalue weighted by atomic mass is 35.5. The van der Waals surface area contributed by atoms with Crippen LogP contribution in [0.3, 0.4) is 0 Å². The van der Waals surface area contributed by atoms with Crippen LogP contribution >= 0.6 is 11.6 Å². The Balaban J connectivity index is 1.63. The first-order valence-electron chi connectivity index (χ1n) is 7.28. The summed E-state index contributed by atoms with van der Waals surface area (Å²) in [5.41, 5.74) is 0. The first-order valence-corrected chi connectivity index (χ1v) is 7.72. The Morgan fingerprint density at radius 1 is 1.11 bits per heavy atom. The average molecular weight is 277 g/mol. The van der Waals surface area contributed by atoms with Gasteiger partial charge >= 0.3 is 0 Å². The van der Waals surface area contributed by atoms with Crippen molar-refractivity contribution in [3.8, 4) is 0 Å². The molecule has 1 heterocycles. The molecule has 0 atom stereocenters. The van der Waals surface area contributed by atoms with Crippen molar-refractivity contribution in [1.82, 2.24) is 0 Å². The Bertz CT molecular complexity index is 221. The number of hydrogen-bond acceptors (Lipinski definition) is 3. The Morgan fingerprint density at radius 2 is 1.78 bits per heavy atom. The molecule has 2 fully saturated rings. The third-order valence-corrected chi connectivity index (χ3v) is 4.27. The first-order chi connectivity index (χ1) is 8.79. The van der Waals surface area contributed by atoms with Gasteiger partial charge in [-0.2, -0.15) is 0 Å². The molecule has 0 aromatic carbocycles. The van der Waals surface area contributed by atoms with Gasteiger partial charge in [-0.25, -0.2) is 0 Å². The maximum absolute atomic E-state index is 6.11. The summed E-state index contributed by atoms with van der Waals surface area (Å²) >= 11 is 6.11. The quantitative estimate of drug-likeness (QED) is 0.569. The molecule has 1 aliphatic heterocycles. The maximum atomic E-state index is 6.11. The van der Waals surface area contributed by atoms with E-state index < -0.39 is 0 Å². The van der Waals surface area contributed by atoms with Crippen molar-refractivity contribution in [2.24, 2.45) is 5.92 Å². The molecule has 0 aromatic rings. The molecule has 3 nitrogen and oxygen atoms in total. The van der Waals surface area contributed by atoms with Crippen molar-refractivity contribution in [3.63, 3.8) is 0 Å². The van der Waals surface area contributed by atoms with Gasteiger partial charge in [0.1, 0.15) is 6.10 Å². The number of hydrogen-bond donors (Lipinski definition) is 0. The summed E-state index contributed by atoms with van der Waals surface area (Å²) in [4.78, 5) is 0. The SMILES string of the molecule is CCCCO[C@H]1CO[C@H]([C@H]2CC[C@H](Cl)CC2)OC1. The number of rotatable bonds is 5. The number of ether oxygens (including phenoxy) is 3. The molecule has 106 valence electrons. The topological polar surface area (TPSA) is 27.7 Å². The Kier molecular flexibility index (Phi) is 6.22. The van der Waals surface area contributed by atoms with E-state index in [9.17, 15) is 0 Å². The summed E-state index contributed by atoms with van der Waals surface area (Å²) in [7, 11) is 0. The monoisotopic (exact) mass is 276 g/mol. The largest absolute Gasteiger partial charge is 0.373 e. The summed E-state index contributed by atoms with van der Waals surface area (Å²) in [6.07, 6.45) is 6.80. The molecule has 0 bridgehead atoms. The van der Waals surface area contributed by atoms with Crippen LogP contribution in [0.15, 0.2) is 0 Å². The lowest BCUT2D eigenvalue weighted by atomic mass is 9.88. The molecule has 4 heteroatoms. The van der Waals surface area contributed by atoms with E-state index >= 15 is 0 Å². The number of halogens is 1. The molecular formula is C14H25ClO3. The smallest absolute Gasteiger partial charge is 0.160 e. The van der Waals surface area contributed by atoms with Gasteiger partial charge in [0.05, 0.1) is 13.2 Å². The van der Waals surface area contributed by atoms with Gasteiger partial charge in [-0.05, 0) is 32.1 Å². The van der Waals surface area contributed by atoms with Crippen LogP contribution in [0.2, 0.25) is 0 Å². The standard InChI is InChI=1S/C14H25ClO3/c1-2-3-8-16-13-9-17-14(18-10-13)11-4-6-12(15)7-5-11/h11-14H,2-10H2,1H3/t11-,12-,13-,14-. The van der Waals surface area contributed by atoms with Crippen LogP contribution in [0.5, 0.6) is 0 Å². The van der Waals surface area contributed by atoms with Crippen molar-refractivity contribution < 1.29 is 14.2 Å². The first kappa shape index (κ1) is 14.6. The second-order valence-corrected chi connectivity index (χ2v) is 6.01. The van der Waals surface area contributed by atoms with Gasteiger partial charge in [-0.3, -0.25) is 0 Å². The highest BCUT2D eigenvalue weighted by molar-refractivity contribution is 6.20. The molecule has 2 aliphatic rings. The molecule has 1 saturated carbocycles. The van der Waals surface area contributed by atoms with Crippen LogP contribution < -0.4 is 0 Å². The minimum atomic E-state index is -0.0276. The fourth-order valence-electron chi connectivity index (χ4n) is 2.61. The van der Waals surface area contributed by atoms with E-state index in [2.05, 4.69) is 6.92 Å². The van der Waals surface area contributed by atoms with E-state index in [0.717, 1.165) is 38.7 Å². The van der Waals surface area contributed by atoms with E-state index in [1.807, 2.05) is 0 Å². The molecule has 0 spiro atoms.